The average Bonchev–Trinajstić information content (AvgIpc) is 2.70. The number of rotatable bonds is 7. The van der Waals surface area contributed by atoms with Crippen LogP contribution in [0.3, 0.4) is 0 Å². The molecule has 0 spiro atoms. The van der Waals surface area contributed by atoms with E-state index in [4.69, 9.17) is 9.47 Å². The Labute approximate surface area is 159 Å². The molecule has 0 aliphatic rings. The van der Waals surface area contributed by atoms with Crippen LogP contribution in [0.5, 0.6) is 5.75 Å². The second kappa shape index (κ2) is 8.63. The maximum atomic E-state index is 12.0. The lowest BCUT2D eigenvalue weighted by Gasteiger charge is -2.09. The Morgan fingerprint density at radius 3 is 2.43 bits per heavy atom. The highest BCUT2D eigenvalue weighted by Crippen LogP contribution is 2.25. The largest absolute Gasteiger partial charge is 0.475 e. The van der Waals surface area contributed by atoms with Crippen LogP contribution in [0, 0.1) is 10.1 Å². The summed E-state index contributed by atoms with van der Waals surface area (Å²) in [6.07, 6.45) is 0. The van der Waals surface area contributed by atoms with E-state index in [1.54, 1.807) is 12.1 Å². The van der Waals surface area contributed by atoms with Gasteiger partial charge >= 0.3 is 11.7 Å². The van der Waals surface area contributed by atoms with Crippen LogP contribution < -0.4 is 10.1 Å². The molecule has 3 rings (SSSR count). The van der Waals surface area contributed by atoms with Crippen LogP contribution in [-0.2, 0) is 14.3 Å². The number of nitrogens with one attached hydrogen (secondary N) is 1. The number of nitro groups is 1. The molecule has 0 heterocycles. The molecule has 0 atom stereocenters. The topological polar surface area (TPSA) is 108 Å². The van der Waals surface area contributed by atoms with Crippen molar-refractivity contribution in [1.29, 1.82) is 0 Å². The highest BCUT2D eigenvalue weighted by molar-refractivity contribution is 5.95. The third-order valence-corrected chi connectivity index (χ3v) is 3.80. The smallest absolute Gasteiger partial charge is 0.344 e. The molecular weight excluding hydrogens is 364 g/mol. The Kier molecular flexibility index (Phi) is 5.81. The van der Waals surface area contributed by atoms with E-state index in [1.165, 1.54) is 18.2 Å². The van der Waals surface area contributed by atoms with Crippen molar-refractivity contribution in [1.82, 2.24) is 0 Å². The van der Waals surface area contributed by atoms with Crippen molar-refractivity contribution in [3.05, 3.63) is 76.8 Å². The normalized spacial score (nSPS) is 10.3. The van der Waals surface area contributed by atoms with Crippen molar-refractivity contribution < 1.29 is 24.0 Å². The first-order chi connectivity index (χ1) is 13.5. The molecule has 0 unspecified atom stereocenters. The fourth-order valence-electron chi connectivity index (χ4n) is 2.52. The van der Waals surface area contributed by atoms with Gasteiger partial charge in [-0.2, -0.15) is 0 Å². The zero-order valence-corrected chi connectivity index (χ0v) is 14.7. The van der Waals surface area contributed by atoms with Gasteiger partial charge in [0.15, 0.2) is 19.0 Å². The molecule has 28 heavy (non-hydrogen) atoms. The van der Waals surface area contributed by atoms with Crippen molar-refractivity contribution in [3.8, 4) is 5.75 Å². The van der Waals surface area contributed by atoms with Gasteiger partial charge in [0.1, 0.15) is 0 Å². The molecule has 1 N–H and O–H groups in total. The first-order valence-corrected chi connectivity index (χ1v) is 8.33. The highest BCUT2D eigenvalue weighted by atomic mass is 16.6. The van der Waals surface area contributed by atoms with Crippen molar-refractivity contribution in [2.75, 3.05) is 18.5 Å². The molecule has 142 valence electrons. The van der Waals surface area contributed by atoms with E-state index in [0.717, 1.165) is 10.8 Å². The first-order valence-electron chi connectivity index (χ1n) is 8.33. The average molecular weight is 380 g/mol. The van der Waals surface area contributed by atoms with Crippen LogP contribution >= 0.6 is 0 Å². The highest BCUT2D eigenvalue weighted by Gasteiger charge is 2.16. The van der Waals surface area contributed by atoms with Gasteiger partial charge in [0.05, 0.1) is 4.92 Å². The Bertz CT molecular complexity index is 1030. The molecule has 1 amide bonds. The second-order valence-corrected chi connectivity index (χ2v) is 5.78. The van der Waals surface area contributed by atoms with E-state index in [2.05, 4.69) is 5.32 Å². The quantitative estimate of drug-likeness (QED) is 0.383. The third kappa shape index (κ3) is 4.82. The lowest BCUT2D eigenvalue weighted by atomic mass is 10.1. The molecular formula is C20H16N2O6. The summed E-state index contributed by atoms with van der Waals surface area (Å²) in [6.45, 7) is -1.04. The van der Waals surface area contributed by atoms with Gasteiger partial charge in [-0.3, -0.25) is 14.9 Å². The summed E-state index contributed by atoms with van der Waals surface area (Å²) < 4.78 is 9.95. The summed E-state index contributed by atoms with van der Waals surface area (Å²) in [5, 5.41) is 15.5. The van der Waals surface area contributed by atoms with Crippen LogP contribution in [0.1, 0.15) is 0 Å². The molecule has 0 saturated heterocycles. The summed E-state index contributed by atoms with van der Waals surface area (Å²) in [7, 11) is 0. The van der Waals surface area contributed by atoms with Gasteiger partial charge in [0, 0.05) is 11.8 Å². The van der Waals surface area contributed by atoms with Gasteiger partial charge < -0.3 is 14.8 Å². The zero-order chi connectivity index (χ0) is 19.9. The minimum atomic E-state index is -0.813. The van der Waals surface area contributed by atoms with E-state index >= 15 is 0 Å². The number of esters is 1. The van der Waals surface area contributed by atoms with Crippen molar-refractivity contribution >= 4 is 34.0 Å². The molecule has 0 aliphatic carbocycles. The summed E-state index contributed by atoms with van der Waals surface area (Å²) in [6, 6.07) is 18.8. The molecule has 8 heteroatoms. The summed E-state index contributed by atoms with van der Waals surface area (Å²) in [5.74, 6) is -1.37. The van der Waals surface area contributed by atoms with Crippen LogP contribution in [0.2, 0.25) is 0 Å². The third-order valence-electron chi connectivity index (χ3n) is 3.80. The van der Waals surface area contributed by atoms with Gasteiger partial charge in [-0.25, -0.2) is 4.79 Å². The van der Waals surface area contributed by atoms with E-state index in [9.17, 15) is 19.7 Å². The SMILES string of the molecule is O=C(COC(=O)COc1ccccc1[N+](=O)[O-])Nc1ccc2ccccc2c1. The number of anilines is 1. The number of ether oxygens (including phenoxy) is 2. The molecule has 0 aromatic heterocycles. The number of hydrogen-bond acceptors (Lipinski definition) is 6. The monoisotopic (exact) mass is 380 g/mol. The molecule has 0 aliphatic heterocycles. The van der Waals surface area contributed by atoms with Gasteiger partial charge in [0.2, 0.25) is 0 Å². The van der Waals surface area contributed by atoms with Gasteiger partial charge in [0.25, 0.3) is 5.91 Å². The van der Waals surface area contributed by atoms with E-state index in [0.29, 0.717) is 5.69 Å². The number of hydrogen-bond donors (Lipinski definition) is 1. The van der Waals surface area contributed by atoms with E-state index in [-0.39, 0.29) is 11.4 Å². The number of para-hydroxylation sites is 2. The van der Waals surface area contributed by atoms with Crippen LogP contribution in [0.15, 0.2) is 66.7 Å². The van der Waals surface area contributed by atoms with Crippen molar-refractivity contribution in [2.45, 2.75) is 0 Å². The molecule has 8 nitrogen and oxygen atoms in total. The lowest BCUT2D eigenvalue weighted by molar-refractivity contribution is -0.385. The number of benzene rings is 3. The Hall–Kier alpha value is -3.94. The number of carbonyl (C=O) groups excluding carboxylic acids is 2. The number of nitro benzene ring substituents is 1. The number of fused-ring (bicyclic) bond motifs is 1. The summed E-state index contributed by atoms with van der Waals surface area (Å²) in [4.78, 5) is 34.0. The molecule has 0 bridgehead atoms. The maximum absolute atomic E-state index is 12.0. The van der Waals surface area contributed by atoms with Crippen molar-refractivity contribution in [2.24, 2.45) is 0 Å². The van der Waals surface area contributed by atoms with Crippen LogP contribution in [-0.4, -0.2) is 30.0 Å². The zero-order valence-electron chi connectivity index (χ0n) is 14.7. The molecule has 3 aromatic rings. The minimum absolute atomic E-state index is 0.0509. The fourth-order valence-corrected chi connectivity index (χ4v) is 2.52. The molecule has 0 fully saturated rings. The van der Waals surface area contributed by atoms with Gasteiger partial charge in [-0.15, -0.1) is 0 Å². The van der Waals surface area contributed by atoms with Gasteiger partial charge in [-0.1, -0.05) is 42.5 Å². The van der Waals surface area contributed by atoms with Crippen LogP contribution in [0.25, 0.3) is 10.8 Å². The second-order valence-electron chi connectivity index (χ2n) is 5.78. The Balaban J connectivity index is 1.49. The minimum Gasteiger partial charge on any atom is -0.475 e. The molecule has 0 radical (unpaired) electrons. The summed E-state index contributed by atoms with van der Waals surface area (Å²) >= 11 is 0. The number of carbonyl (C=O) groups is 2. The van der Waals surface area contributed by atoms with E-state index in [1.807, 2.05) is 36.4 Å². The lowest BCUT2D eigenvalue weighted by Crippen LogP contribution is -2.23. The molecule has 0 saturated carbocycles. The first kappa shape index (κ1) is 18.8. The Morgan fingerprint density at radius 2 is 1.64 bits per heavy atom. The molecule has 3 aromatic carbocycles. The predicted molar refractivity (Wildman–Crippen MR) is 102 cm³/mol. The maximum Gasteiger partial charge on any atom is 0.344 e. The fraction of sp³-hybridized carbons (Fsp3) is 0.100. The van der Waals surface area contributed by atoms with Crippen LogP contribution in [0.4, 0.5) is 11.4 Å². The van der Waals surface area contributed by atoms with Gasteiger partial charge in [-0.05, 0) is 29.0 Å². The summed E-state index contributed by atoms with van der Waals surface area (Å²) in [5.41, 5.74) is 0.320. The number of nitrogens with zero attached hydrogens (tertiary/aromatic N) is 1. The predicted octanol–water partition coefficient (Wildman–Crippen LogP) is 3.31. The van der Waals surface area contributed by atoms with Crippen molar-refractivity contribution in [3.63, 3.8) is 0 Å². The van der Waals surface area contributed by atoms with E-state index < -0.39 is 30.0 Å². The Morgan fingerprint density at radius 1 is 0.929 bits per heavy atom. The standard InChI is InChI=1S/C20H16N2O6/c23-19(21-16-10-9-14-5-1-2-6-15(14)11-16)12-28-20(24)13-27-18-8-4-3-7-17(18)22(25)26/h1-11H,12-13H2,(H,21,23). The number of amides is 1.